The van der Waals surface area contributed by atoms with Crippen molar-refractivity contribution in [1.82, 2.24) is 0 Å². The normalized spacial score (nSPS) is 11.0. The number of fused-ring (bicyclic) bond motifs is 3. The van der Waals surface area contributed by atoms with E-state index >= 15 is 0 Å². The second-order valence-electron chi connectivity index (χ2n) is 4.98. The minimum Gasteiger partial charge on any atom is -0.0622 e. The molecule has 4 rings (SSSR count). The summed E-state index contributed by atoms with van der Waals surface area (Å²) in [6.07, 6.45) is 0. The van der Waals surface area contributed by atoms with Crippen molar-refractivity contribution < 1.29 is 0 Å². The zero-order valence-corrected chi connectivity index (χ0v) is 11.0. The van der Waals surface area contributed by atoms with E-state index in [4.69, 9.17) is 0 Å². The molecule has 0 spiro atoms. The molecule has 0 atom stereocenters. The van der Waals surface area contributed by atoms with Gasteiger partial charge in [0.1, 0.15) is 0 Å². The second-order valence-corrected chi connectivity index (χ2v) is 4.98. The highest BCUT2D eigenvalue weighted by Gasteiger charge is 2.05. The van der Waals surface area contributed by atoms with Crippen LogP contribution in [0.5, 0.6) is 0 Å². The molecule has 93 valence electrons. The lowest BCUT2D eigenvalue weighted by molar-refractivity contribution is 1.65. The zero-order valence-electron chi connectivity index (χ0n) is 11.0. The molecule has 0 heterocycles. The maximum absolute atomic E-state index is 3.29. The summed E-state index contributed by atoms with van der Waals surface area (Å²) in [4.78, 5) is 0. The smallest absolute Gasteiger partial charge is 0.00930 e. The molecule has 0 nitrogen and oxygen atoms in total. The fraction of sp³-hybridized carbons (Fsp3) is 0. The average Bonchev–Trinajstić information content (AvgIpc) is 2.55. The second kappa shape index (κ2) is 4.50. The predicted molar refractivity (Wildman–Crippen MR) is 85.7 cm³/mol. The number of rotatable bonds is 1. The Hall–Kier alpha value is -2.60. The topological polar surface area (TPSA) is 0 Å². The third-order valence-corrected chi connectivity index (χ3v) is 3.80. The van der Waals surface area contributed by atoms with Gasteiger partial charge in [0, 0.05) is 0 Å². The van der Waals surface area contributed by atoms with Crippen LogP contribution in [0, 0.1) is 6.07 Å². The van der Waals surface area contributed by atoms with Gasteiger partial charge in [-0.3, -0.25) is 0 Å². The van der Waals surface area contributed by atoms with Crippen molar-refractivity contribution in [3.8, 4) is 11.1 Å². The van der Waals surface area contributed by atoms with Crippen LogP contribution in [0.3, 0.4) is 0 Å². The van der Waals surface area contributed by atoms with Crippen molar-refractivity contribution in [1.29, 1.82) is 0 Å². The summed E-state index contributed by atoms with van der Waals surface area (Å²) in [6, 6.07) is 30.9. The van der Waals surface area contributed by atoms with Crippen molar-refractivity contribution in [2.75, 3.05) is 0 Å². The predicted octanol–water partition coefficient (Wildman–Crippen LogP) is 5.46. The van der Waals surface area contributed by atoms with E-state index in [1.807, 2.05) is 6.07 Å². The Morgan fingerprint density at radius 3 is 2.25 bits per heavy atom. The summed E-state index contributed by atoms with van der Waals surface area (Å²) in [5.74, 6) is 0. The van der Waals surface area contributed by atoms with E-state index in [9.17, 15) is 0 Å². The van der Waals surface area contributed by atoms with E-state index in [0.29, 0.717) is 0 Å². The van der Waals surface area contributed by atoms with Crippen molar-refractivity contribution in [3.05, 3.63) is 84.9 Å². The highest BCUT2D eigenvalue weighted by atomic mass is 14.1. The summed E-state index contributed by atoms with van der Waals surface area (Å²) in [7, 11) is 0. The van der Waals surface area contributed by atoms with Crippen LogP contribution in [-0.4, -0.2) is 0 Å². The molecule has 0 saturated heterocycles. The van der Waals surface area contributed by atoms with Gasteiger partial charge in [-0.15, -0.1) is 0 Å². The van der Waals surface area contributed by atoms with Crippen molar-refractivity contribution >= 4 is 21.5 Å². The number of benzene rings is 4. The van der Waals surface area contributed by atoms with Crippen LogP contribution in [0.25, 0.3) is 32.7 Å². The van der Waals surface area contributed by atoms with Crippen molar-refractivity contribution in [2.45, 2.75) is 0 Å². The summed E-state index contributed by atoms with van der Waals surface area (Å²) >= 11 is 0. The van der Waals surface area contributed by atoms with Crippen LogP contribution in [0.15, 0.2) is 78.9 Å². The van der Waals surface area contributed by atoms with Gasteiger partial charge in [-0.05, 0) is 50.9 Å². The van der Waals surface area contributed by atoms with Gasteiger partial charge in [0.05, 0.1) is 0 Å². The molecule has 1 radical (unpaired) electrons. The maximum atomic E-state index is 3.29. The van der Waals surface area contributed by atoms with E-state index < -0.39 is 0 Å². The highest BCUT2D eigenvalue weighted by Crippen LogP contribution is 2.32. The quantitative estimate of drug-likeness (QED) is 0.395. The van der Waals surface area contributed by atoms with Gasteiger partial charge in [-0.1, -0.05) is 66.7 Å². The lowest BCUT2D eigenvalue weighted by Gasteiger charge is -2.09. The largest absolute Gasteiger partial charge is 0.0622 e. The van der Waals surface area contributed by atoms with Gasteiger partial charge in [0.2, 0.25) is 0 Å². The molecule has 0 aliphatic heterocycles. The van der Waals surface area contributed by atoms with E-state index in [1.54, 1.807) is 0 Å². The third-order valence-electron chi connectivity index (χ3n) is 3.80. The minimum absolute atomic E-state index is 1.24. The zero-order chi connectivity index (χ0) is 13.4. The Labute approximate surface area is 118 Å². The van der Waals surface area contributed by atoms with Gasteiger partial charge < -0.3 is 0 Å². The molecule has 0 bridgehead atoms. The van der Waals surface area contributed by atoms with Gasteiger partial charge in [0.25, 0.3) is 0 Å². The first-order valence-corrected chi connectivity index (χ1v) is 6.80. The van der Waals surface area contributed by atoms with Gasteiger partial charge in [-0.25, -0.2) is 0 Å². The number of hydrogen-bond donors (Lipinski definition) is 0. The van der Waals surface area contributed by atoms with Crippen LogP contribution in [-0.2, 0) is 0 Å². The fourth-order valence-corrected chi connectivity index (χ4v) is 2.83. The molecule has 0 heteroatoms. The summed E-state index contributed by atoms with van der Waals surface area (Å²) in [5.41, 5.74) is 2.48. The van der Waals surface area contributed by atoms with Crippen LogP contribution in [0.4, 0.5) is 0 Å². The molecule has 20 heavy (non-hydrogen) atoms. The number of hydrogen-bond acceptors (Lipinski definition) is 0. The molecule has 0 N–H and O–H groups in total. The minimum atomic E-state index is 1.24. The fourth-order valence-electron chi connectivity index (χ4n) is 2.83. The standard InChI is InChI=1S/C20H13/c1-2-7-15(8-3-1)18-11-6-12-19-17-10-5-4-9-16(17)13-14-20(18)19/h1-5,7-14H. The molecule has 0 fully saturated rings. The van der Waals surface area contributed by atoms with Gasteiger partial charge in [-0.2, -0.15) is 0 Å². The molecule has 0 aliphatic rings. The van der Waals surface area contributed by atoms with E-state index in [-0.39, 0.29) is 0 Å². The third kappa shape index (κ3) is 1.70. The Kier molecular flexibility index (Phi) is 2.53. The Bertz CT molecular complexity index is 889. The van der Waals surface area contributed by atoms with E-state index in [0.717, 1.165) is 0 Å². The van der Waals surface area contributed by atoms with Crippen LogP contribution in [0.1, 0.15) is 0 Å². The van der Waals surface area contributed by atoms with Crippen molar-refractivity contribution in [3.63, 3.8) is 0 Å². The van der Waals surface area contributed by atoms with Crippen LogP contribution < -0.4 is 0 Å². The lowest BCUT2D eigenvalue weighted by atomic mass is 9.95. The lowest BCUT2D eigenvalue weighted by Crippen LogP contribution is -1.83. The molecule has 0 aliphatic carbocycles. The molecule has 0 unspecified atom stereocenters. The summed E-state index contributed by atoms with van der Waals surface area (Å²) in [5, 5.41) is 5.12. The van der Waals surface area contributed by atoms with E-state index in [2.05, 4.69) is 78.9 Å². The monoisotopic (exact) mass is 253 g/mol. The molecule has 4 aromatic carbocycles. The Morgan fingerprint density at radius 2 is 1.35 bits per heavy atom. The molecule has 0 amide bonds. The first kappa shape index (κ1) is 11.2. The summed E-state index contributed by atoms with van der Waals surface area (Å²) in [6.45, 7) is 0. The van der Waals surface area contributed by atoms with E-state index in [1.165, 1.54) is 32.7 Å². The first-order valence-electron chi connectivity index (χ1n) is 6.80. The highest BCUT2D eigenvalue weighted by molar-refractivity contribution is 6.11. The SMILES string of the molecule is [c]1cc(-c2ccccc2)c2ccc3ccccc3c2c1. The average molecular weight is 253 g/mol. The van der Waals surface area contributed by atoms with Gasteiger partial charge in [0.15, 0.2) is 0 Å². The van der Waals surface area contributed by atoms with Crippen molar-refractivity contribution in [2.24, 2.45) is 0 Å². The summed E-state index contributed by atoms with van der Waals surface area (Å²) < 4.78 is 0. The molecule has 4 aromatic rings. The molecular weight excluding hydrogens is 240 g/mol. The molecule has 0 aromatic heterocycles. The van der Waals surface area contributed by atoms with Crippen LogP contribution in [0.2, 0.25) is 0 Å². The molecular formula is C20H13. The van der Waals surface area contributed by atoms with Gasteiger partial charge >= 0.3 is 0 Å². The Balaban J connectivity index is 2.12. The molecule has 0 saturated carbocycles. The first-order chi connectivity index (χ1) is 9.93. The van der Waals surface area contributed by atoms with Crippen LogP contribution >= 0.6 is 0 Å². The Morgan fingerprint density at radius 1 is 0.550 bits per heavy atom. The maximum Gasteiger partial charge on any atom is -0.00930 e.